The summed E-state index contributed by atoms with van der Waals surface area (Å²) in [6, 6.07) is 17.7. The van der Waals surface area contributed by atoms with Crippen molar-refractivity contribution in [1.29, 1.82) is 0 Å². The maximum atomic E-state index is 14.2. The average Bonchev–Trinajstić information content (AvgIpc) is 4.05. The monoisotopic (exact) mass is 818 g/mol. The van der Waals surface area contributed by atoms with Gasteiger partial charge in [-0.05, 0) is 91.7 Å². The number of aliphatic hydroxyl groups is 1. The van der Waals surface area contributed by atoms with Crippen molar-refractivity contribution in [2.75, 3.05) is 32.8 Å². The number of aromatic amines is 1. The molecule has 4 aromatic heterocycles. The number of likely N-dealkylation sites (tertiary alicyclic amines) is 2. The fourth-order valence-corrected chi connectivity index (χ4v) is 9.26. The second kappa shape index (κ2) is 17.3. The normalized spacial score (nSPS) is 18.7. The smallest absolute Gasteiger partial charge is 0.254 e. The number of para-hydroxylation sites is 1. The third-order valence-corrected chi connectivity index (χ3v) is 12.7. The fourth-order valence-electron chi connectivity index (χ4n) is 8.45. The lowest BCUT2D eigenvalue weighted by Gasteiger charge is -2.31. The van der Waals surface area contributed by atoms with Gasteiger partial charge in [-0.15, -0.1) is 21.5 Å². The first kappa shape index (κ1) is 40.2. The highest BCUT2D eigenvalue weighted by molar-refractivity contribution is 7.13. The van der Waals surface area contributed by atoms with Gasteiger partial charge in [-0.3, -0.25) is 14.5 Å². The van der Waals surface area contributed by atoms with Crippen molar-refractivity contribution in [3.8, 4) is 33.3 Å². The van der Waals surface area contributed by atoms with E-state index in [0.717, 1.165) is 58.7 Å². The summed E-state index contributed by atoms with van der Waals surface area (Å²) in [7, 11) is 0. The van der Waals surface area contributed by atoms with Gasteiger partial charge in [-0.1, -0.05) is 50.2 Å². The van der Waals surface area contributed by atoms with E-state index in [4.69, 9.17) is 9.26 Å². The van der Waals surface area contributed by atoms with Gasteiger partial charge in [0.05, 0.1) is 33.9 Å². The standard InChI is InChI=1S/C44H50N8O6S/c1-25(2)40(44(56)52-23-31(53)19-36(52)43(55)47-26(3)28-9-11-30(12-10-28)41-27(4)46-24-59-41)38-21-39(50-58-38)57-18-17-51-15-13-29(14-16-51)34-22-45-42-33(34)20-35(48-49-42)32-7-5-6-8-37(32)54/h5-12,20-22,24-26,29,31,36,40,53-54H,13-19,23H2,1-4H3,(H,45,49)(H,47,55)/t26-,31+,36-,40+/m0/s1. The number of phenolic OH excluding ortho intramolecular Hbond substituents is 1. The molecule has 2 aliphatic rings. The van der Waals surface area contributed by atoms with Gasteiger partial charge in [0.1, 0.15) is 24.3 Å². The first-order valence-electron chi connectivity index (χ1n) is 20.3. The number of piperidine rings is 1. The molecule has 0 bridgehead atoms. The van der Waals surface area contributed by atoms with E-state index < -0.39 is 18.1 Å². The van der Waals surface area contributed by atoms with E-state index >= 15 is 0 Å². The number of aromatic nitrogens is 5. The van der Waals surface area contributed by atoms with Gasteiger partial charge in [0, 0.05) is 42.7 Å². The van der Waals surface area contributed by atoms with Gasteiger partial charge >= 0.3 is 0 Å². The molecule has 0 saturated carbocycles. The Hall–Kier alpha value is -5.64. The Morgan fingerprint density at radius 2 is 1.85 bits per heavy atom. The topological polar surface area (TPSA) is 183 Å². The third-order valence-electron chi connectivity index (χ3n) is 11.7. The van der Waals surface area contributed by atoms with Crippen molar-refractivity contribution in [2.45, 2.75) is 77.0 Å². The van der Waals surface area contributed by atoms with E-state index in [1.54, 1.807) is 29.5 Å². The number of nitrogens with one attached hydrogen (secondary N) is 2. The van der Waals surface area contributed by atoms with Crippen LogP contribution in [-0.4, -0.2) is 102 Å². The minimum Gasteiger partial charge on any atom is -0.507 e. The van der Waals surface area contributed by atoms with Crippen LogP contribution in [0.25, 0.3) is 32.7 Å². The van der Waals surface area contributed by atoms with E-state index in [2.05, 4.69) is 35.5 Å². The van der Waals surface area contributed by atoms with Gasteiger partial charge in [-0.2, -0.15) is 0 Å². The Labute approximate surface area is 346 Å². The number of amides is 2. The van der Waals surface area contributed by atoms with Crippen LogP contribution in [0.2, 0.25) is 0 Å². The molecular formula is C44H50N8O6S. The number of benzene rings is 2. The first-order valence-corrected chi connectivity index (χ1v) is 21.2. The molecule has 0 radical (unpaired) electrons. The molecular weight excluding hydrogens is 769 g/mol. The van der Waals surface area contributed by atoms with Crippen LogP contribution in [0.4, 0.5) is 0 Å². The number of carbonyl (C=O) groups is 2. The molecule has 6 heterocycles. The molecule has 15 heteroatoms. The zero-order chi connectivity index (χ0) is 41.2. The van der Waals surface area contributed by atoms with Gasteiger partial charge in [0.25, 0.3) is 5.88 Å². The van der Waals surface area contributed by atoms with Crippen LogP contribution < -0.4 is 10.1 Å². The molecule has 2 aliphatic heterocycles. The lowest BCUT2D eigenvalue weighted by molar-refractivity contribution is -0.141. The average molecular weight is 819 g/mol. The number of phenols is 1. The number of hydrogen-bond acceptors (Lipinski definition) is 12. The highest BCUT2D eigenvalue weighted by Gasteiger charge is 2.43. The summed E-state index contributed by atoms with van der Waals surface area (Å²) in [5.41, 5.74) is 8.05. The second-order valence-corrected chi connectivity index (χ2v) is 16.9. The maximum Gasteiger partial charge on any atom is 0.254 e. The van der Waals surface area contributed by atoms with E-state index in [-0.39, 0.29) is 42.5 Å². The summed E-state index contributed by atoms with van der Waals surface area (Å²) in [4.78, 5) is 40.4. The molecule has 4 N–H and O–H groups in total. The Balaban J connectivity index is 0.842. The van der Waals surface area contributed by atoms with Crippen LogP contribution >= 0.6 is 11.3 Å². The summed E-state index contributed by atoms with van der Waals surface area (Å²) in [5.74, 6) is -0.309. The molecule has 2 saturated heterocycles. The van der Waals surface area contributed by atoms with Crippen molar-refractivity contribution in [3.05, 3.63) is 95.0 Å². The number of fused-ring (bicyclic) bond motifs is 1. The molecule has 14 nitrogen and oxygen atoms in total. The van der Waals surface area contributed by atoms with Crippen LogP contribution in [0.15, 0.2) is 76.9 Å². The molecule has 4 atom stereocenters. The van der Waals surface area contributed by atoms with Crippen LogP contribution in [0.3, 0.4) is 0 Å². The molecule has 8 rings (SSSR count). The number of H-pyrrole nitrogens is 1. The number of carbonyl (C=O) groups excluding carboxylic acids is 2. The molecule has 308 valence electrons. The molecule has 2 amide bonds. The highest BCUT2D eigenvalue weighted by atomic mass is 32.1. The lowest BCUT2D eigenvalue weighted by Crippen LogP contribution is -2.48. The molecule has 59 heavy (non-hydrogen) atoms. The highest BCUT2D eigenvalue weighted by Crippen LogP contribution is 2.36. The Bertz CT molecular complexity index is 2400. The Morgan fingerprint density at radius 3 is 2.58 bits per heavy atom. The van der Waals surface area contributed by atoms with Crippen LogP contribution in [0, 0.1) is 12.8 Å². The largest absolute Gasteiger partial charge is 0.507 e. The summed E-state index contributed by atoms with van der Waals surface area (Å²) in [5, 5.41) is 38.0. The number of aromatic hydroxyl groups is 1. The summed E-state index contributed by atoms with van der Waals surface area (Å²) in [6.45, 7) is 10.7. The SMILES string of the molecule is Cc1ncsc1-c1ccc([C@H](C)NC(=O)[C@@H]2C[C@@H](O)CN2C(=O)[C@@H](c2cc(OCCN3CCC(c4c[nH]c5nnc(-c6ccccc6O)cc45)CC3)no2)C(C)C)cc1. The zero-order valence-electron chi connectivity index (χ0n) is 33.7. The quantitative estimate of drug-likeness (QED) is 0.0987. The number of β-amino-alcohol motifs (C(OH)–C–C–N with tert-alkyl or cyclic N) is 1. The van der Waals surface area contributed by atoms with Gasteiger partial charge < -0.3 is 34.7 Å². The molecule has 2 fully saturated rings. The minimum atomic E-state index is -0.825. The van der Waals surface area contributed by atoms with Crippen LogP contribution in [-0.2, 0) is 9.59 Å². The predicted octanol–water partition coefficient (Wildman–Crippen LogP) is 6.59. The number of nitrogens with zero attached hydrogens (tertiary/aromatic N) is 6. The number of thiazole rings is 1. The van der Waals surface area contributed by atoms with Crippen LogP contribution in [0.1, 0.15) is 80.5 Å². The van der Waals surface area contributed by atoms with E-state index in [9.17, 15) is 19.8 Å². The first-order chi connectivity index (χ1) is 28.5. The summed E-state index contributed by atoms with van der Waals surface area (Å²) in [6.07, 6.45) is 3.30. The van der Waals surface area contributed by atoms with Crippen LogP contribution in [0.5, 0.6) is 11.6 Å². The summed E-state index contributed by atoms with van der Waals surface area (Å²) < 4.78 is 11.7. The van der Waals surface area contributed by atoms with E-state index in [0.29, 0.717) is 42.0 Å². The molecule has 0 spiro atoms. The molecule has 6 aromatic rings. The number of aliphatic hydroxyl groups excluding tert-OH is 1. The number of hydrogen-bond donors (Lipinski definition) is 4. The van der Waals surface area contributed by atoms with Crippen molar-refractivity contribution >= 4 is 34.2 Å². The van der Waals surface area contributed by atoms with Gasteiger partial charge in [0.15, 0.2) is 11.4 Å². The Kier molecular flexibility index (Phi) is 11.8. The lowest BCUT2D eigenvalue weighted by atomic mass is 9.89. The number of aryl methyl sites for hydroxylation is 1. The van der Waals surface area contributed by atoms with Crippen molar-refractivity contribution in [3.63, 3.8) is 0 Å². The van der Waals surface area contributed by atoms with E-state index in [1.807, 2.05) is 81.9 Å². The number of rotatable bonds is 13. The fraction of sp³-hybridized carbons (Fsp3) is 0.409. The van der Waals surface area contributed by atoms with Crippen molar-refractivity contribution in [2.24, 2.45) is 5.92 Å². The number of ether oxygens (including phenoxy) is 1. The second-order valence-electron chi connectivity index (χ2n) is 16.0. The van der Waals surface area contributed by atoms with Crippen molar-refractivity contribution in [1.82, 2.24) is 40.4 Å². The minimum absolute atomic E-state index is 0.0548. The summed E-state index contributed by atoms with van der Waals surface area (Å²) >= 11 is 1.59. The van der Waals surface area contributed by atoms with Gasteiger partial charge in [-0.25, -0.2) is 4.98 Å². The maximum absolute atomic E-state index is 14.2. The Morgan fingerprint density at radius 1 is 1.07 bits per heavy atom. The molecule has 0 unspecified atom stereocenters. The predicted molar refractivity (Wildman–Crippen MR) is 224 cm³/mol. The zero-order valence-corrected chi connectivity index (χ0v) is 34.5. The third kappa shape index (κ3) is 8.59. The van der Waals surface area contributed by atoms with Gasteiger partial charge in [0.2, 0.25) is 11.8 Å². The van der Waals surface area contributed by atoms with E-state index in [1.165, 1.54) is 10.5 Å². The molecule has 0 aliphatic carbocycles. The molecule has 2 aromatic carbocycles. The van der Waals surface area contributed by atoms with Crippen molar-refractivity contribution < 1.29 is 29.1 Å².